The van der Waals surface area contributed by atoms with Crippen molar-refractivity contribution >= 4 is 15.9 Å². The first kappa shape index (κ1) is 14.0. The molecule has 3 nitrogen and oxygen atoms in total. The highest BCUT2D eigenvalue weighted by molar-refractivity contribution is 9.10. The normalized spacial score (nSPS) is 10.6. The molecule has 0 amide bonds. The lowest BCUT2D eigenvalue weighted by Gasteiger charge is -2.12. The molecule has 2 rings (SSSR count). The van der Waals surface area contributed by atoms with Crippen molar-refractivity contribution in [1.82, 2.24) is 4.98 Å². The minimum Gasteiger partial charge on any atom is -0.439 e. The van der Waals surface area contributed by atoms with Gasteiger partial charge in [-0.05, 0) is 59.6 Å². The van der Waals surface area contributed by atoms with Gasteiger partial charge in [0.15, 0.2) is 0 Å². The zero-order chi connectivity index (χ0) is 14.0. The molecule has 2 aromatic rings. The standard InChI is InChI=1S/C14H14BrFN2O/c1-8-5-9(2)18-14(11(8)7-17)19-10-3-4-13(16)12(15)6-10/h3-6H,7,17H2,1-2H3. The van der Waals surface area contributed by atoms with Gasteiger partial charge in [-0.3, -0.25) is 0 Å². The smallest absolute Gasteiger partial charge is 0.224 e. The van der Waals surface area contributed by atoms with Crippen LogP contribution in [0.25, 0.3) is 0 Å². The van der Waals surface area contributed by atoms with E-state index in [1.165, 1.54) is 6.07 Å². The topological polar surface area (TPSA) is 48.1 Å². The van der Waals surface area contributed by atoms with Gasteiger partial charge in [-0.25, -0.2) is 9.37 Å². The number of aryl methyl sites for hydroxylation is 2. The molecule has 0 fully saturated rings. The maximum Gasteiger partial charge on any atom is 0.224 e. The summed E-state index contributed by atoms with van der Waals surface area (Å²) >= 11 is 3.12. The summed E-state index contributed by atoms with van der Waals surface area (Å²) in [6, 6.07) is 6.41. The number of aromatic nitrogens is 1. The molecule has 0 aliphatic rings. The highest BCUT2D eigenvalue weighted by Gasteiger charge is 2.10. The molecule has 19 heavy (non-hydrogen) atoms. The van der Waals surface area contributed by atoms with Gasteiger partial charge < -0.3 is 10.5 Å². The number of pyridine rings is 1. The Morgan fingerprint density at radius 1 is 1.32 bits per heavy atom. The number of ether oxygens (including phenoxy) is 1. The Balaban J connectivity index is 2.39. The van der Waals surface area contributed by atoms with Gasteiger partial charge in [0.25, 0.3) is 0 Å². The van der Waals surface area contributed by atoms with Crippen LogP contribution in [0.5, 0.6) is 11.6 Å². The molecular formula is C14H14BrFN2O. The van der Waals surface area contributed by atoms with Crippen molar-refractivity contribution in [3.8, 4) is 11.6 Å². The molecule has 0 spiro atoms. The van der Waals surface area contributed by atoms with E-state index in [0.29, 0.717) is 22.6 Å². The van der Waals surface area contributed by atoms with E-state index in [2.05, 4.69) is 20.9 Å². The van der Waals surface area contributed by atoms with Crippen LogP contribution >= 0.6 is 15.9 Å². The van der Waals surface area contributed by atoms with Gasteiger partial charge >= 0.3 is 0 Å². The van der Waals surface area contributed by atoms with Crippen LogP contribution in [-0.4, -0.2) is 4.98 Å². The van der Waals surface area contributed by atoms with Gasteiger partial charge in [-0.1, -0.05) is 0 Å². The Kier molecular flexibility index (Phi) is 4.17. The summed E-state index contributed by atoms with van der Waals surface area (Å²) in [5.74, 6) is 0.652. The second kappa shape index (κ2) is 5.67. The molecule has 1 heterocycles. The van der Waals surface area contributed by atoms with E-state index in [4.69, 9.17) is 10.5 Å². The summed E-state index contributed by atoms with van der Waals surface area (Å²) < 4.78 is 19.2. The van der Waals surface area contributed by atoms with Crippen molar-refractivity contribution in [1.29, 1.82) is 0 Å². The van der Waals surface area contributed by atoms with E-state index < -0.39 is 0 Å². The first-order valence-corrected chi connectivity index (χ1v) is 6.60. The molecular weight excluding hydrogens is 311 g/mol. The Bertz CT molecular complexity index is 617. The van der Waals surface area contributed by atoms with Crippen LogP contribution in [0, 0.1) is 19.7 Å². The molecule has 2 N–H and O–H groups in total. The van der Waals surface area contributed by atoms with Gasteiger partial charge in [0.05, 0.1) is 4.47 Å². The molecule has 100 valence electrons. The lowest BCUT2D eigenvalue weighted by molar-refractivity contribution is 0.452. The number of hydrogen-bond acceptors (Lipinski definition) is 3. The lowest BCUT2D eigenvalue weighted by atomic mass is 10.1. The fourth-order valence-electron chi connectivity index (χ4n) is 1.81. The summed E-state index contributed by atoms with van der Waals surface area (Å²) in [7, 11) is 0. The molecule has 0 saturated heterocycles. The van der Waals surface area contributed by atoms with E-state index in [-0.39, 0.29) is 5.82 Å². The van der Waals surface area contributed by atoms with Crippen LogP contribution in [0.4, 0.5) is 4.39 Å². The zero-order valence-electron chi connectivity index (χ0n) is 10.7. The Morgan fingerprint density at radius 3 is 2.68 bits per heavy atom. The summed E-state index contributed by atoms with van der Waals surface area (Å²) in [4.78, 5) is 4.34. The van der Waals surface area contributed by atoms with Crippen molar-refractivity contribution in [2.75, 3.05) is 0 Å². The first-order chi connectivity index (χ1) is 9.01. The van der Waals surface area contributed by atoms with Gasteiger partial charge in [0.1, 0.15) is 11.6 Å². The average molecular weight is 325 g/mol. The van der Waals surface area contributed by atoms with Crippen LogP contribution in [0.2, 0.25) is 0 Å². The quantitative estimate of drug-likeness (QED) is 0.932. The third kappa shape index (κ3) is 3.11. The minimum absolute atomic E-state index is 0.334. The second-order valence-corrected chi connectivity index (χ2v) is 5.10. The maximum atomic E-state index is 13.2. The predicted molar refractivity (Wildman–Crippen MR) is 75.8 cm³/mol. The van der Waals surface area contributed by atoms with E-state index in [0.717, 1.165) is 16.8 Å². The molecule has 1 aromatic carbocycles. The monoisotopic (exact) mass is 324 g/mol. The van der Waals surface area contributed by atoms with Crippen molar-refractivity contribution in [3.05, 3.63) is 51.4 Å². The van der Waals surface area contributed by atoms with Crippen LogP contribution in [0.1, 0.15) is 16.8 Å². The summed E-state index contributed by atoms with van der Waals surface area (Å²) in [6.45, 7) is 4.20. The molecule has 0 aliphatic carbocycles. The van der Waals surface area contributed by atoms with Crippen molar-refractivity contribution in [3.63, 3.8) is 0 Å². The maximum absolute atomic E-state index is 13.2. The molecule has 0 atom stereocenters. The number of benzene rings is 1. The largest absolute Gasteiger partial charge is 0.439 e. The molecule has 5 heteroatoms. The highest BCUT2D eigenvalue weighted by atomic mass is 79.9. The predicted octanol–water partition coefficient (Wildman–Crippen LogP) is 3.85. The summed E-state index contributed by atoms with van der Waals surface area (Å²) in [5, 5.41) is 0. The fraction of sp³-hybridized carbons (Fsp3) is 0.214. The molecule has 0 bridgehead atoms. The minimum atomic E-state index is -0.334. The molecule has 0 radical (unpaired) electrons. The Hall–Kier alpha value is -1.46. The van der Waals surface area contributed by atoms with Gasteiger partial charge in [-0.2, -0.15) is 0 Å². The lowest BCUT2D eigenvalue weighted by Crippen LogP contribution is -2.05. The van der Waals surface area contributed by atoms with Crippen molar-refractivity contribution < 1.29 is 9.13 Å². The van der Waals surface area contributed by atoms with Crippen LogP contribution in [0.3, 0.4) is 0 Å². The van der Waals surface area contributed by atoms with E-state index in [1.807, 2.05) is 19.9 Å². The van der Waals surface area contributed by atoms with Gasteiger partial charge in [0, 0.05) is 17.8 Å². The number of rotatable bonds is 3. The number of hydrogen-bond donors (Lipinski definition) is 1. The fourth-order valence-corrected chi connectivity index (χ4v) is 2.17. The van der Waals surface area contributed by atoms with E-state index >= 15 is 0 Å². The molecule has 1 aromatic heterocycles. The van der Waals surface area contributed by atoms with E-state index in [1.54, 1.807) is 12.1 Å². The third-order valence-corrected chi connectivity index (χ3v) is 3.35. The van der Waals surface area contributed by atoms with Gasteiger partial charge in [-0.15, -0.1) is 0 Å². The average Bonchev–Trinajstić information content (AvgIpc) is 2.33. The van der Waals surface area contributed by atoms with Crippen molar-refractivity contribution in [2.24, 2.45) is 5.73 Å². The number of halogens is 2. The second-order valence-electron chi connectivity index (χ2n) is 4.25. The third-order valence-electron chi connectivity index (χ3n) is 2.75. The zero-order valence-corrected chi connectivity index (χ0v) is 12.3. The first-order valence-electron chi connectivity index (χ1n) is 5.81. The van der Waals surface area contributed by atoms with Crippen LogP contribution in [0.15, 0.2) is 28.7 Å². The summed E-state index contributed by atoms with van der Waals surface area (Å²) in [6.07, 6.45) is 0. The van der Waals surface area contributed by atoms with Crippen LogP contribution < -0.4 is 10.5 Å². The van der Waals surface area contributed by atoms with Crippen molar-refractivity contribution in [2.45, 2.75) is 20.4 Å². The molecule has 0 aliphatic heterocycles. The Morgan fingerprint density at radius 2 is 2.05 bits per heavy atom. The highest BCUT2D eigenvalue weighted by Crippen LogP contribution is 2.28. The Labute approximate surface area is 119 Å². The van der Waals surface area contributed by atoms with Gasteiger partial charge in [0.2, 0.25) is 5.88 Å². The molecule has 0 unspecified atom stereocenters. The van der Waals surface area contributed by atoms with Crippen LogP contribution in [-0.2, 0) is 6.54 Å². The number of nitrogens with two attached hydrogens (primary N) is 1. The number of nitrogens with zero attached hydrogens (tertiary/aromatic N) is 1. The van der Waals surface area contributed by atoms with E-state index in [9.17, 15) is 4.39 Å². The SMILES string of the molecule is Cc1cc(C)c(CN)c(Oc2ccc(F)c(Br)c2)n1. The molecule has 0 saturated carbocycles. The summed E-state index contributed by atoms with van der Waals surface area (Å²) in [5.41, 5.74) is 8.46.